The smallest absolute Gasteiger partial charge is 0.179 e. The molecule has 0 saturated heterocycles. The molecule has 1 aliphatic rings. The summed E-state index contributed by atoms with van der Waals surface area (Å²) in [6, 6.07) is 22.1. The molecule has 3 heteroatoms. The van der Waals surface area contributed by atoms with Gasteiger partial charge in [-0.1, -0.05) is 56.3 Å². The van der Waals surface area contributed by atoms with Crippen LogP contribution >= 0.6 is 0 Å². The van der Waals surface area contributed by atoms with Gasteiger partial charge in [0.2, 0.25) is 0 Å². The molecule has 3 aromatic rings. The molecule has 0 saturated carbocycles. The Morgan fingerprint density at radius 2 is 1.19 bits per heavy atom. The fourth-order valence-corrected chi connectivity index (χ4v) is 3.79. The lowest BCUT2D eigenvalue weighted by atomic mass is 9.73. The number of anilines is 3. The number of nitrogens with zero attached hydrogens (tertiary/aromatic N) is 3. The van der Waals surface area contributed by atoms with Crippen LogP contribution in [0, 0.1) is 13.1 Å². The van der Waals surface area contributed by atoms with Gasteiger partial charge in [-0.05, 0) is 35.4 Å². The van der Waals surface area contributed by atoms with E-state index in [0.29, 0.717) is 11.4 Å². The highest BCUT2D eigenvalue weighted by atomic mass is 15.2. The van der Waals surface area contributed by atoms with E-state index in [9.17, 15) is 0 Å². The van der Waals surface area contributed by atoms with Crippen LogP contribution in [0.25, 0.3) is 9.69 Å². The predicted octanol–water partition coefficient (Wildman–Crippen LogP) is 6.90. The fraction of sp³-hybridized carbons (Fsp3) is 0.130. The molecule has 0 fully saturated rings. The number of hydrogen-bond acceptors (Lipinski definition) is 1. The highest BCUT2D eigenvalue weighted by Gasteiger charge is 2.36. The van der Waals surface area contributed by atoms with E-state index in [4.69, 9.17) is 13.1 Å². The third-order valence-electron chi connectivity index (χ3n) is 5.04. The van der Waals surface area contributed by atoms with Crippen LogP contribution in [0.1, 0.15) is 25.0 Å². The second kappa shape index (κ2) is 5.76. The number of rotatable bonds is 1. The van der Waals surface area contributed by atoms with Gasteiger partial charge < -0.3 is 4.90 Å². The van der Waals surface area contributed by atoms with Crippen LogP contribution in [0.5, 0.6) is 0 Å². The normalized spacial score (nSPS) is 13.9. The Hall–Kier alpha value is -3.56. The highest BCUT2D eigenvalue weighted by Crippen LogP contribution is 2.52. The Morgan fingerprint density at radius 1 is 0.731 bits per heavy atom. The van der Waals surface area contributed by atoms with Crippen LogP contribution in [0.3, 0.4) is 0 Å². The SMILES string of the molecule is [C-]#[N+]c1cc([N+]#[C-])cc(N2c3ccccc3C(C)(C)c3ccccc32)c1. The van der Waals surface area contributed by atoms with Crippen LogP contribution in [-0.4, -0.2) is 0 Å². The van der Waals surface area contributed by atoms with Crippen LogP contribution in [0.15, 0.2) is 66.7 Å². The van der Waals surface area contributed by atoms with Crippen LogP contribution in [0.4, 0.5) is 28.4 Å². The molecular weight excluding hydrogens is 318 g/mol. The average Bonchev–Trinajstić information content (AvgIpc) is 2.68. The Morgan fingerprint density at radius 3 is 1.65 bits per heavy atom. The third kappa shape index (κ3) is 2.26. The minimum atomic E-state index is -0.121. The molecule has 1 aliphatic heterocycles. The fourth-order valence-electron chi connectivity index (χ4n) is 3.79. The lowest BCUT2D eigenvalue weighted by Crippen LogP contribution is -2.30. The molecule has 0 radical (unpaired) electrons. The van der Waals surface area contributed by atoms with Gasteiger partial charge in [-0.2, -0.15) is 0 Å². The predicted molar refractivity (Wildman–Crippen MR) is 106 cm³/mol. The van der Waals surface area contributed by atoms with Gasteiger partial charge in [-0.25, -0.2) is 9.69 Å². The van der Waals surface area contributed by atoms with Crippen molar-refractivity contribution < 1.29 is 0 Å². The van der Waals surface area contributed by atoms with E-state index in [1.165, 1.54) is 11.1 Å². The molecule has 0 bridgehead atoms. The van der Waals surface area contributed by atoms with Crippen molar-refractivity contribution in [1.29, 1.82) is 0 Å². The Bertz CT molecular complexity index is 1020. The average molecular weight is 335 g/mol. The molecule has 0 atom stereocenters. The van der Waals surface area contributed by atoms with Gasteiger partial charge >= 0.3 is 0 Å². The molecule has 124 valence electrons. The quantitative estimate of drug-likeness (QED) is 0.441. The second-order valence-electron chi connectivity index (χ2n) is 6.93. The minimum Gasteiger partial charge on any atom is -0.312 e. The molecule has 3 nitrogen and oxygen atoms in total. The zero-order chi connectivity index (χ0) is 18.3. The van der Waals surface area contributed by atoms with Gasteiger partial charge in [0.25, 0.3) is 0 Å². The molecule has 0 aromatic heterocycles. The summed E-state index contributed by atoms with van der Waals surface area (Å²) in [4.78, 5) is 9.28. The van der Waals surface area contributed by atoms with Crippen molar-refractivity contribution in [2.24, 2.45) is 0 Å². The molecule has 0 N–H and O–H groups in total. The summed E-state index contributed by atoms with van der Waals surface area (Å²) in [6.07, 6.45) is 0. The monoisotopic (exact) mass is 335 g/mol. The van der Waals surface area contributed by atoms with E-state index < -0.39 is 0 Å². The molecule has 1 heterocycles. The number of para-hydroxylation sites is 2. The molecule has 4 rings (SSSR count). The van der Waals surface area contributed by atoms with E-state index in [1.807, 2.05) is 24.3 Å². The van der Waals surface area contributed by atoms with Crippen LogP contribution in [-0.2, 0) is 5.41 Å². The summed E-state index contributed by atoms with van der Waals surface area (Å²) in [5.74, 6) is 0. The first kappa shape index (κ1) is 15.9. The summed E-state index contributed by atoms with van der Waals surface area (Å²) in [5.41, 5.74) is 6.33. The zero-order valence-corrected chi connectivity index (χ0v) is 14.7. The van der Waals surface area contributed by atoms with Gasteiger partial charge in [-0.15, -0.1) is 0 Å². The molecule has 0 amide bonds. The van der Waals surface area contributed by atoms with Crippen molar-refractivity contribution >= 4 is 28.4 Å². The molecular formula is C23H17N3. The summed E-state index contributed by atoms with van der Waals surface area (Å²) >= 11 is 0. The summed E-state index contributed by atoms with van der Waals surface area (Å²) in [6.45, 7) is 19.2. The first-order valence-corrected chi connectivity index (χ1v) is 8.45. The van der Waals surface area contributed by atoms with Gasteiger partial charge in [0.05, 0.1) is 24.5 Å². The maximum atomic E-state index is 7.38. The van der Waals surface area contributed by atoms with E-state index >= 15 is 0 Å². The second-order valence-corrected chi connectivity index (χ2v) is 6.93. The van der Waals surface area contributed by atoms with Gasteiger partial charge in [0, 0.05) is 11.1 Å². The summed E-state index contributed by atoms with van der Waals surface area (Å²) in [5, 5.41) is 0. The summed E-state index contributed by atoms with van der Waals surface area (Å²) < 4.78 is 0. The Kier molecular flexibility index (Phi) is 3.53. The maximum Gasteiger partial charge on any atom is 0.179 e. The van der Waals surface area contributed by atoms with Crippen molar-refractivity contribution in [2.75, 3.05) is 4.90 Å². The van der Waals surface area contributed by atoms with Crippen molar-refractivity contribution in [3.63, 3.8) is 0 Å². The van der Waals surface area contributed by atoms with Gasteiger partial charge in [0.15, 0.2) is 11.4 Å². The van der Waals surface area contributed by atoms with Crippen LogP contribution < -0.4 is 4.90 Å². The third-order valence-corrected chi connectivity index (χ3v) is 5.04. The topological polar surface area (TPSA) is 12.0 Å². The van der Waals surface area contributed by atoms with Crippen molar-refractivity contribution in [3.05, 3.63) is 101 Å². The van der Waals surface area contributed by atoms with E-state index in [-0.39, 0.29) is 5.41 Å². The van der Waals surface area contributed by atoms with E-state index in [2.05, 4.69) is 64.8 Å². The zero-order valence-electron chi connectivity index (χ0n) is 14.7. The Balaban J connectivity index is 2.05. The van der Waals surface area contributed by atoms with Gasteiger partial charge in [0.1, 0.15) is 0 Å². The maximum absolute atomic E-state index is 7.38. The molecule has 0 aliphatic carbocycles. The van der Waals surface area contributed by atoms with Crippen molar-refractivity contribution in [1.82, 2.24) is 0 Å². The lowest BCUT2D eigenvalue weighted by molar-refractivity contribution is 0.632. The minimum absolute atomic E-state index is 0.121. The van der Waals surface area contributed by atoms with Crippen LogP contribution in [0.2, 0.25) is 0 Å². The first-order chi connectivity index (χ1) is 12.6. The number of fused-ring (bicyclic) bond motifs is 2. The highest BCUT2D eigenvalue weighted by molar-refractivity contribution is 5.88. The van der Waals surface area contributed by atoms with Crippen molar-refractivity contribution in [2.45, 2.75) is 19.3 Å². The Labute approximate surface area is 153 Å². The summed E-state index contributed by atoms with van der Waals surface area (Å²) in [7, 11) is 0. The standard InChI is InChI=1S/C23H17N3/c1-23(2)19-9-5-7-11-21(19)26(22-12-8-6-10-20(22)23)18-14-16(24-3)13-17(15-18)25-4/h5-15H,1-2H3. The van der Waals surface area contributed by atoms with Crippen molar-refractivity contribution in [3.8, 4) is 0 Å². The number of benzene rings is 3. The van der Waals surface area contributed by atoms with Gasteiger partial charge in [-0.3, -0.25) is 0 Å². The van der Waals surface area contributed by atoms with E-state index in [1.54, 1.807) is 6.07 Å². The first-order valence-electron chi connectivity index (χ1n) is 8.45. The molecule has 26 heavy (non-hydrogen) atoms. The molecule has 0 spiro atoms. The molecule has 3 aromatic carbocycles. The largest absolute Gasteiger partial charge is 0.312 e. The molecule has 0 unspecified atom stereocenters. The lowest BCUT2D eigenvalue weighted by Gasteiger charge is -2.42. The van der Waals surface area contributed by atoms with E-state index in [0.717, 1.165) is 17.1 Å². The number of hydrogen-bond donors (Lipinski definition) is 0.